The maximum absolute atomic E-state index is 10.7. The summed E-state index contributed by atoms with van der Waals surface area (Å²) in [6.07, 6.45) is 0. The summed E-state index contributed by atoms with van der Waals surface area (Å²) in [6, 6.07) is 7.00. The number of nitro benzene ring substituents is 2. The Labute approximate surface area is 277 Å². The summed E-state index contributed by atoms with van der Waals surface area (Å²) in [7, 11) is 0. The van der Waals surface area contributed by atoms with Crippen LogP contribution >= 0.6 is 47.1 Å². The van der Waals surface area contributed by atoms with E-state index in [4.69, 9.17) is 24.4 Å². The van der Waals surface area contributed by atoms with Gasteiger partial charge in [-0.05, 0) is 57.3 Å². The van der Waals surface area contributed by atoms with Crippen LogP contribution in [0.2, 0.25) is 0 Å². The van der Waals surface area contributed by atoms with Gasteiger partial charge in [0.2, 0.25) is 10.9 Å². The molecule has 1 radical (unpaired) electrons. The molecule has 21 heteroatoms. The molecule has 0 aliphatic rings. The molecule has 0 aliphatic carbocycles. The van der Waals surface area contributed by atoms with Gasteiger partial charge < -0.3 is 25.4 Å². The number of nitro groups is 2. The molecule has 4 aromatic rings. The summed E-state index contributed by atoms with van der Waals surface area (Å²) >= 11 is 12.6. The Balaban J connectivity index is 0.000000421. The third kappa shape index (κ3) is 9.01. The van der Waals surface area contributed by atoms with Gasteiger partial charge in [-0.25, -0.2) is 0 Å². The second kappa shape index (κ2) is 16.7. The molecule has 0 bridgehead atoms. The van der Waals surface area contributed by atoms with E-state index in [-0.39, 0.29) is 67.4 Å². The molecule has 2 aromatic carbocycles. The van der Waals surface area contributed by atoms with Crippen molar-refractivity contribution in [2.75, 3.05) is 0 Å². The number of azo groups is 2. The van der Waals surface area contributed by atoms with Crippen LogP contribution in [0.25, 0.3) is 0 Å². The summed E-state index contributed by atoms with van der Waals surface area (Å²) in [5.41, 5.74) is 0.486. The summed E-state index contributed by atoms with van der Waals surface area (Å²) < 4.78 is 4.52. The molecule has 237 valence electrons. The number of rotatable bonds is 8. The number of hydrogen-bond acceptors (Lipinski definition) is 15. The molecule has 5 N–H and O–H groups in total. The molecule has 0 aliphatic heterocycles. The number of aromatic nitrogens is 2. The van der Waals surface area contributed by atoms with Gasteiger partial charge in [0.05, 0.1) is 15.5 Å². The molecule has 0 atom stereocenters. The van der Waals surface area contributed by atoms with Gasteiger partial charge >= 0.3 is 0 Å². The number of thiazole rings is 2. The third-order valence-corrected chi connectivity index (χ3v) is 8.20. The molecular weight excluding hydrogens is 704 g/mol. The van der Waals surface area contributed by atoms with Crippen molar-refractivity contribution in [1.29, 1.82) is 0 Å². The quantitative estimate of drug-likeness (QED) is 0.0692. The van der Waals surface area contributed by atoms with E-state index in [9.17, 15) is 35.5 Å². The van der Waals surface area contributed by atoms with E-state index in [2.05, 4.69) is 20.5 Å². The van der Waals surface area contributed by atoms with E-state index in [0.717, 1.165) is 41.8 Å². The zero-order chi connectivity index (χ0) is 31.1. The Morgan fingerprint density at radius 3 is 1.57 bits per heavy atom. The van der Waals surface area contributed by atoms with Crippen molar-refractivity contribution in [1.82, 2.24) is 9.13 Å². The van der Waals surface area contributed by atoms with Gasteiger partial charge in [-0.15, -0.1) is 20.5 Å². The van der Waals surface area contributed by atoms with Crippen LogP contribution in [-0.4, -0.2) is 39.8 Å². The fourth-order valence-corrected chi connectivity index (χ4v) is 5.87. The molecule has 0 spiro atoms. The van der Waals surface area contributed by atoms with Crippen LogP contribution in [0.3, 0.4) is 0 Å². The minimum atomic E-state index is -0.604. The fourth-order valence-electron chi connectivity index (χ4n) is 3.26. The number of benzene rings is 2. The van der Waals surface area contributed by atoms with Gasteiger partial charge in [0, 0.05) is 54.1 Å². The molecule has 2 aromatic heterocycles. The molecule has 16 nitrogen and oxygen atoms in total. The van der Waals surface area contributed by atoms with E-state index >= 15 is 0 Å². The number of non-ortho nitro benzene ring substituents is 2. The van der Waals surface area contributed by atoms with Crippen molar-refractivity contribution in [2.24, 2.45) is 20.5 Å². The number of phenols is 2. The monoisotopic (exact) mass is 727 g/mol. The Kier molecular flexibility index (Phi) is 14.5. The normalized spacial score (nSPS) is 10.6. The standard InChI is InChI=1S/C12H12N4O3S2.C11H10N4O4S2.Co.H2O/c1-3-15-7(2)11(21-12(15)20)14-13-9-6-8(16(18)19)4-5-10(9)17;1-2-14-10(17)9(21-11(14)20)13-12-7-5-6(15(18)19)3-4-8(7)16;;/h4-6,17H,3H2,1-2H3;3-5,16-17H,2H2,1H3;;1H2. The molecule has 0 fully saturated rings. The molecule has 0 saturated carbocycles. The topological polar surface area (TPSA) is 238 Å². The van der Waals surface area contributed by atoms with Crippen molar-refractivity contribution < 1.29 is 47.4 Å². The zero-order valence-corrected chi connectivity index (χ0v) is 27.2. The van der Waals surface area contributed by atoms with E-state index in [1.54, 1.807) is 0 Å². The SMILES string of the molecule is CCn1c(C)c(N=Nc2cc([N+](=O)[O-])ccc2O)sc1=S.CCn1c(O)c(N=Nc2cc([N+](=O)[O-])ccc2O)sc1=S.O.[Co]. The summed E-state index contributed by atoms with van der Waals surface area (Å²) in [4.78, 5) is 20.2. The van der Waals surface area contributed by atoms with Crippen LogP contribution in [0.4, 0.5) is 32.8 Å². The largest absolute Gasteiger partial charge is 0.506 e. The van der Waals surface area contributed by atoms with Gasteiger partial charge in [-0.3, -0.25) is 24.8 Å². The van der Waals surface area contributed by atoms with E-state index in [1.807, 2.05) is 25.3 Å². The predicted octanol–water partition coefficient (Wildman–Crippen LogP) is 7.84. The first kappa shape index (κ1) is 38.0. The minimum absolute atomic E-state index is 0. The second-order valence-electron chi connectivity index (χ2n) is 8.00. The Morgan fingerprint density at radius 2 is 1.18 bits per heavy atom. The van der Waals surface area contributed by atoms with Gasteiger partial charge in [0.25, 0.3) is 11.4 Å². The predicted molar refractivity (Wildman–Crippen MR) is 166 cm³/mol. The van der Waals surface area contributed by atoms with Crippen LogP contribution in [-0.2, 0) is 29.9 Å². The van der Waals surface area contributed by atoms with E-state index in [0.29, 0.717) is 19.5 Å². The van der Waals surface area contributed by atoms with Crippen LogP contribution in [0.1, 0.15) is 19.5 Å². The Hall–Kier alpha value is -3.99. The van der Waals surface area contributed by atoms with Crippen LogP contribution in [0, 0.1) is 35.1 Å². The molecule has 0 amide bonds. The number of nitrogens with zero attached hydrogens (tertiary/aromatic N) is 8. The second-order valence-corrected chi connectivity index (χ2v) is 11.2. The molecule has 4 rings (SSSR count). The average molecular weight is 728 g/mol. The van der Waals surface area contributed by atoms with Crippen molar-refractivity contribution in [2.45, 2.75) is 33.9 Å². The third-order valence-electron chi connectivity index (χ3n) is 5.44. The first-order valence-corrected chi connectivity index (χ1v) is 14.2. The van der Waals surface area contributed by atoms with Crippen molar-refractivity contribution in [3.8, 4) is 17.4 Å². The van der Waals surface area contributed by atoms with Crippen molar-refractivity contribution in [3.05, 3.63) is 70.2 Å². The smallest absolute Gasteiger partial charge is 0.271 e. The summed E-state index contributed by atoms with van der Waals surface area (Å²) in [6.45, 7) is 6.88. The van der Waals surface area contributed by atoms with Crippen molar-refractivity contribution >= 4 is 79.9 Å². The number of aromatic hydroxyl groups is 3. The van der Waals surface area contributed by atoms with E-state index in [1.165, 1.54) is 34.1 Å². The Bertz CT molecular complexity index is 1700. The zero-order valence-electron chi connectivity index (χ0n) is 22.9. The maximum atomic E-state index is 10.7. The van der Waals surface area contributed by atoms with Gasteiger partial charge in [0.15, 0.2) is 12.9 Å². The van der Waals surface area contributed by atoms with Gasteiger partial charge in [0.1, 0.15) is 22.9 Å². The van der Waals surface area contributed by atoms with Gasteiger partial charge in [-0.1, -0.05) is 22.7 Å². The van der Waals surface area contributed by atoms with E-state index < -0.39 is 9.85 Å². The summed E-state index contributed by atoms with van der Waals surface area (Å²) in [5, 5.41) is 66.8. The number of phenolic OH excluding ortho intramolecular Hbond substituents is 2. The fraction of sp³-hybridized carbons (Fsp3) is 0.217. The van der Waals surface area contributed by atoms with Crippen LogP contribution in [0.15, 0.2) is 56.9 Å². The maximum Gasteiger partial charge on any atom is 0.271 e. The molecule has 0 saturated heterocycles. The Morgan fingerprint density at radius 1 is 0.773 bits per heavy atom. The summed E-state index contributed by atoms with van der Waals surface area (Å²) in [5.74, 6) is -0.538. The van der Waals surface area contributed by atoms with Crippen LogP contribution in [0.5, 0.6) is 17.4 Å². The molecule has 44 heavy (non-hydrogen) atoms. The minimum Gasteiger partial charge on any atom is -0.506 e. The molecule has 0 unspecified atom stereocenters. The first-order chi connectivity index (χ1) is 19.9. The van der Waals surface area contributed by atoms with Crippen LogP contribution < -0.4 is 0 Å². The molecular formula is C23H24CoN8O8S4. The number of hydrogen-bond donors (Lipinski definition) is 3. The average Bonchev–Trinajstić information content (AvgIpc) is 3.39. The van der Waals surface area contributed by atoms with Crippen molar-refractivity contribution in [3.63, 3.8) is 0 Å². The molecule has 2 heterocycles. The first-order valence-electron chi connectivity index (χ1n) is 11.8. The van der Waals surface area contributed by atoms with Gasteiger partial charge in [-0.2, -0.15) is 0 Å².